The van der Waals surface area contributed by atoms with E-state index in [9.17, 15) is 22.8 Å². The molecule has 1 aromatic carbocycles. The van der Waals surface area contributed by atoms with Crippen LogP contribution in [-0.4, -0.2) is 48.2 Å². The second kappa shape index (κ2) is 5.26. The van der Waals surface area contributed by atoms with Crippen molar-refractivity contribution in [2.24, 2.45) is 0 Å². The molecule has 1 fully saturated rings. The fourth-order valence-electron chi connectivity index (χ4n) is 1.91. The van der Waals surface area contributed by atoms with Crippen LogP contribution < -0.4 is 5.32 Å². The van der Waals surface area contributed by atoms with E-state index in [1.54, 1.807) is 0 Å². The average molecular weight is 312 g/mol. The van der Waals surface area contributed by atoms with E-state index >= 15 is 0 Å². The van der Waals surface area contributed by atoms with E-state index in [0.717, 1.165) is 10.4 Å². The van der Waals surface area contributed by atoms with Crippen LogP contribution in [0.3, 0.4) is 0 Å². The lowest BCUT2D eigenvalue weighted by Gasteiger charge is -2.30. The van der Waals surface area contributed by atoms with Gasteiger partial charge in [-0.1, -0.05) is 6.07 Å². The van der Waals surface area contributed by atoms with Gasteiger partial charge < -0.3 is 5.11 Å². The molecule has 0 aliphatic carbocycles. The molecule has 0 radical (unpaired) electrons. The Morgan fingerprint density at radius 1 is 1.38 bits per heavy atom. The summed E-state index contributed by atoms with van der Waals surface area (Å²) in [6.07, 6.45) is 0. The Kier molecular flexibility index (Phi) is 3.79. The first-order valence-electron chi connectivity index (χ1n) is 5.92. The van der Waals surface area contributed by atoms with Gasteiger partial charge in [0.2, 0.25) is 21.8 Å². The first-order valence-corrected chi connectivity index (χ1v) is 7.36. The molecule has 0 saturated carbocycles. The summed E-state index contributed by atoms with van der Waals surface area (Å²) in [4.78, 5) is 33.5. The number of carboxylic acid groups (broad SMARTS) is 1. The number of hydrogen-bond donors (Lipinski definition) is 2. The van der Waals surface area contributed by atoms with Gasteiger partial charge in [0, 0.05) is 0 Å². The quantitative estimate of drug-likeness (QED) is 0.720. The molecule has 1 aliphatic heterocycles. The first kappa shape index (κ1) is 15.1. The summed E-state index contributed by atoms with van der Waals surface area (Å²) in [6, 6.07) is 3.68. The Bertz CT molecular complexity index is 727. The van der Waals surface area contributed by atoms with Gasteiger partial charge in [0.05, 0.1) is 17.0 Å². The molecule has 2 N–H and O–H groups in total. The zero-order chi connectivity index (χ0) is 15.8. The van der Waals surface area contributed by atoms with Crippen LogP contribution in [0.4, 0.5) is 0 Å². The fraction of sp³-hybridized carbons (Fsp3) is 0.250. The van der Waals surface area contributed by atoms with Gasteiger partial charge in [-0.15, -0.1) is 0 Å². The van der Waals surface area contributed by atoms with E-state index in [4.69, 9.17) is 5.11 Å². The van der Waals surface area contributed by atoms with Crippen LogP contribution in [0.1, 0.15) is 17.3 Å². The summed E-state index contributed by atoms with van der Waals surface area (Å²) < 4.78 is 25.7. The number of amides is 2. The second-order valence-corrected chi connectivity index (χ2v) is 6.36. The highest BCUT2D eigenvalue weighted by Crippen LogP contribution is 2.21. The van der Waals surface area contributed by atoms with Crippen LogP contribution in [0.5, 0.6) is 0 Å². The number of carbonyl (C=O) groups is 3. The van der Waals surface area contributed by atoms with E-state index in [2.05, 4.69) is 0 Å². The molecule has 1 saturated heterocycles. The number of carboxylic acids is 1. The molecule has 1 atom stereocenters. The van der Waals surface area contributed by atoms with Crippen molar-refractivity contribution in [3.8, 4) is 0 Å². The molecular formula is C12H12N2O6S. The Labute approximate surface area is 120 Å². The standard InChI is InChI=1S/C12H12N2O6S/c1-7-11(16)13-10(15)6-14(7)21(19,20)9-4-2-3-8(5-9)12(17)18/h2-5,7H,6H2,1H3,(H,17,18)(H,13,15,16). The van der Waals surface area contributed by atoms with Gasteiger partial charge in [-0.2, -0.15) is 4.31 Å². The molecular weight excluding hydrogens is 300 g/mol. The van der Waals surface area contributed by atoms with Crippen molar-refractivity contribution >= 4 is 27.8 Å². The number of aromatic carboxylic acids is 1. The summed E-state index contributed by atoms with van der Waals surface area (Å²) in [5.41, 5.74) is -0.198. The topological polar surface area (TPSA) is 121 Å². The largest absolute Gasteiger partial charge is 0.478 e. The monoisotopic (exact) mass is 312 g/mol. The van der Waals surface area contributed by atoms with Crippen molar-refractivity contribution in [1.82, 2.24) is 9.62 Å². The highest BCUT2D eigenvalue weighted by Gasteiger charge is 2.39. The summed E-state index contributed by atoms with van der Waals surface area (Å²) in [6.45, 7) is 0.854. The maximum atomic E-state index is 12.5. The van der Waals surface area contributed by atoms with Crippen LogP contribution >= 0.6 is 0 Å². The molecule has 2 amide bonds. The molecule has 1 unspecified atom stereocenters. The van der Waals surface area contributed by atoms with Crippen molar-refractivity contribution in [3.63, 3.8) is 0 Å². The summed E-state index contributed by atoms with van der Waals surface area (Å²) in [7, 11) is -4.14. The van der Waals surface area contributed by atoms with Gasteiger partial charge in [-0.25, -0.2) is 13.2 Å². The molecule has 1 aromatic rings. The lowest BCUT2D eigenvalue weighted by molar-refractivity contribution is -0.136. The maximum absolute atomic E-state index is 12.5. The molecule has 1 aliphatic rings. The number of nitrogens with one attached hydrogen (secondary N) is 1. The van der Waals surface area contributed by atoms with E-state index in [1.165, 1.54) is 25.1 Å². The van der Waals surface area contributed by atoms with Gasteiger partial charge >= 0.3 is 5.97 Å². The van der Waals surface area contributed by atoms with Crippen molar-refractivity contribution < 1.29 is 27.9 Å². The molecule has 9 heteroatoms. The highest BCUT2D eigenvalue weighted by atomic mass is 32.2. The Balaban J connectivity index is 2.46. The average Bonchev–Trinajstić information content (AvgIpc) is 2.42. The zero-order valence-electron chi connectivity index (χ0n) is 10.9. The van der Waals surface area contributed by atoms with Crippen LogP contribution in [0.25, 0.3) is 0 Å². The lowest BCUT2D eigenvalue weighted by atomic mass is 10.2. The molecule has 0 aromatic heterocycles. The van der Waals surface area contributed by atoms with E-state index in [0.29, 0.717) is 0 Å². The van der Waals surface area contributed by atoms with Crippen molar-refractivity contribution in [1.29, 1.82) is 0 Å². The Morgan fingerprint density at radius 2 is 2.05 bits per heavy atom. The lowest BCUT2D eigenvalue weighted by Crippen LogP contribution is -2.58. The Hall–Kier alpha value is -2.26. The number of sulfonamides is 1. The molecule has 1 heterocycles. The van der Waals surface area contributed by atoms with Gasteiger partial charge in [0.1, 0.15) is 6.04 Å². The van der Waals surface area contributed by atoms with Crippen LogP contribution in [0, 0.1) is 0 Å². The van der Waals surface area contributed by atoms with Crippen molar-refractivity contribution in [3.05, 3.63) is 29.8 Å². The van der Waals surface area contributed by atoms with Crippen LogP contribution in [0.15, 0.2) is 29.2 Å². The first-order chi connectivity index (χ1) is 9.73. The highest BCUT2D eigenvalue weighted by molar-refractivity contribution is 7.89. The SMILES string of the molecule is CC1C(=O)NC(=O)CN1S(=O)(=O)c1cccc(C(=O)O)c1. The van der Waals surface area contributed by atoms with Crippen molar-refractivity contribution in [2.45, 2.75) is 17.9 Å². The predicted molar refractivity (Wildman–Crippen MR) is 69.9 cm³/mol. The Morgan fingerprint density at radius 3 is 2.67 bits per heavy atom. The maximum Gasteiger partial charge on any atom is 0.335 e. The number of hydrogen-bond acceptors (Lipinski definition) is 5. The molecule has 2 rings (SSSR count). The summed E-state index contributed by atoms with van der Waals surface area (Å²) >= 11 is 0. The minimum Gasteiger partial charge on any atom is -0.478 e. The third-order valence-corrected chi connectivity index (χ3v) is 4.97. The number of carbonyl (C=O) groups excluding carboxylic acids is 2. The van der Waals surface area contributed by atoms with E-state index < -0.39 is 40.4 Å². The second-order valence-electron chi connectivity index (χ2n) is 4.47. The number of nitrogens with zero attached hydrogens (tertiary/aromatic N) is 1. The summed E-state index contributed by atoms with van der Waals surface area (Å²) in [5.74, 6) is -2.71. The van der Waals surface area contributed by atoms with Crippen molar-refractivity contribution in [2.75, 3.05) is 6.54 Å². The normalized spacial score (nSPS) is 20.1. The van der Waals surface area contributed by atoms with E-state index in [1.807, 2.05) is 5.32 Å². The van der Waals surface area contributed by atoms with Crippen LogP contribution in [0.2, 0.25) is 0 Å². The van der Waals surface area contributed by atoms with Gasteiger partial charge in [0.15, 0.2) is 0 Å². The zero-order valence-corrected chi connectivity index (χ0v) is 11.8. The van der Waals surface area contributed by atoms with Gasteiger partial charge in [-0.05, 0) is 25.1 Å². The molecule has 8 nitrogen and oxygen atoms in total. The number of piperazine rings is 1. The summed E-state index contributed by atoms with van der Waals surface area (Å²) in [5, 5.41) is 10.9. The number of rotatable bonds is 3. The molecule has 0 spiro atoms. The number of imide groups is 1. The minimum atomic E-state index is -4.14. The van der Waals surface area contributed by atoms with Crippen LogP contribution in [-0.2, 0) is 19.6 Å². The van der Waals surface area contributed by atoms with Gasteiger partial charge in [-0.3, -0.25) is 14.9 Å². The third kappa shape index (κ3) is 2.78. The van der Waals surface area contributed by atoms with Gasteiger partial charge in [0.25, 0.3) is 0 Å². The third-order valence-electron chi connectivity index (χ3n) is 3.06. The minimum absolute atomic E-state index is 0.198. The molecule has 112 valence electrons. The smallest absolute Gasteiger partial charge is 0.335 e. The fourth-order valence-corrected chi connectivity index (χ4v) is 3.51. The van der Waals surface area contributed by atoms with E-state index in [-0.39, 0.29) is 10.5 Å². The number of benzene rings is 1. The molecule has 21 heavy (non-hydrogen) atoms. The molecule has 0 bridgehead atoms. The predicted octanol–water partition coefficient (Wildman–Crippen LogP) is -0.580.